The molecule has 3 heteroatoms. The summed E-state index contributed by atoms with van der Waals surface area (Å²) in [6.45, 7) is 0. The Morgan fingerprint density at radius 3 is 2.33 bits per heavy atom. The Labute approximate surface area is 91.9 Å². The highest BCUT2D eigenvalue weighted by atomic mass is 32.2. The quantitative estimate of drug-likeness (QED) is 0.786. The van der Waals surface area contributed by atoms with Gasteiger partial charge in [-0.05, 0) is 29.2 Å². The first-order chi connectivity index (χ1) is 7.22. The third-order valence-electron chi connectivity index (χ3n) is 2.30. The number of rotatable bonds is 2. The number of carbonyl (C=O) groups is 1. The average Bonchev–Trinajstić information content (AvgIpc) is 2.27. The van der Waals surface area contributed by atoms with E-state index in [0.29, 0.717) is 5.56 Å². The lowest BCUT2D eigenvalue weighted by Gasteiger charge is -2.05. The van der Waals surface area contributed by atoms with Gasteiger partial charge in [-0.2, -0.15) is 0 Å². The number of thioether (sulfide) groups is 1. The van der Waals surface area contributed by atoms with Crippen LogP contribution in [0.15, 0.2) is 41.3 Å². The summed E-state index contributed by atoms with van der Waals surface area (Å²) in [5, 5.41) is 11.1. The van der Waals surface area contributed by atoms with Crippen LogP contribution in [0.4, 0.5) is 0 Å². The fraction of sp³-hybridized carbons (Fsp3) is 0.0833. The minimum Gasteiger partial charge on any atom is -0.478 e. The molecular weight excluding hydrogens is 208 g/mol. The molecule has 0 heterocycles. The van der Waals surface area contributed by atoms with Gasteiger partial charge in [0.05, 0.1) is 5.56 Å². The molecule has 0 saturated heterocycles. The zero-order valence-electron chi connectivity index (χ0n) is 8.23. The molecule has 1 N–H and O–H groups in total. The van der Waals surface area contributed by atoms with Crippen molar-refractivity contribution in [2.75, 3.05) is 6.26 Å². The van der Waals surface area contributed by atoms with Crippen LogP contribution in [0.5, 0.6) is 0 Å². The predicted molar refractivity (Wildman–Crippen MR) is 62.7 cm³/mol. The Kier molecular flexibility index (Phi) is 2.64. The van der Waals surface area contributed by atoms with Gasteiger partial charge < -0.3 is 5.11 Å². The van der Waals surface area contributed by atoms with Crippen molar-refractivity contribution < 1.29 is 9.90 Å². The number of hydrogen-bond donors (Lipinski definition) is 1. The molecule has 76 valence electrons. The third-order valence-corrected chi connectivity index (χ3v) is 3.08. The van der Waals surface area contributed by atoms with Crippen molar-refractivity contribution in [1.82, 2.24) is 0 Å². The summed E-state index contributed by atoms with van der Waals surface area (Å²) in [7, 11) is 0. The van der Waals surface area contributed by atoms with Gasteiger partial charge in [0, 0.05) is 4.90 Å². The van der Waals surface area contributed by atoms with Crippen LogP contribution in [0.2, 0.25) is 0 Å². The molecule has 2 aromatic carbocycles. The van der Waals surface area contributed by atoms with Gasteiger partial charge in [-0.15, -0.1) is 11.8 Å². The lowest BCUT2D eigenvalue weighted by atomic mass is 10.1. The maximum absolute atomic E-state index is 11.0. The summed E-state index contributed by atoms with van der Waals surface area (Å²) in [5.41, 5.74) is 0.376. The van der Waals surface area contributed by atoms with Crippen LogP contribution in [-0.2, 0) is 0 Å². The van der Waals surface area contributed by atoms with Crippen molar-refractivity contribution in [3.8, 4) is 0 Å². The van der Waals surface area contributed by atoms with Crippen molar-refractivity contribution in [2.45, 2.75) is 4.90 Å². The van der Waals surface area contributed by atoms with Crippen LogP contribution in [0.25, 0.3) is 10.8 Å². The fourth-order valence-corrected chi connectivity index (χ4v) is 2.17. The second kappa shape index (κ2) is 3.95. The Morgan fingerprint density at radius 1 is 1.20 bits per heavy atom. The van der Waals surface area contributed by atoms with Gasteiger partial charge >= 0.3 is 5.97 Å². The zero-order chi connectivity index (χ0) is 10.8. The summed E-state index contributed by atoms with van der Waals surface area (Å²) < 4.78 is 0. The van der Waals surface area contributed by atoms with Crippen molar-refractivity contribution >= 4 is 28.5 Å². The summed E-state index contributed by atoms with van der Waals surface area (Å²) in [6.07, 6.45) is 1.89. The molecule has 2 aromatic rings. The lowest BCUT2D eigenvalue weighted by molar-refractivity contribution is 0.0693. The van der Waals surface area contributed by atoms with Gasteiger partial charge in [-0.25, -0.2) is 4.79 Å². The summed E-state index contributed by atoms with van der Waals surface area (Å²) in [5.74, 6) is -0.870. The van der Waals surface area contributed by atoms with Crippen LogP contribution in [0.1, 0.15) is 10.4 Å². The largest absolute Gasteiger partial charge is 0.478 e. The standard InChI is InChI=1S/C12H10O2S/c1-15-11-7-9-5-3-2-4-8(9)6-10(11)12(13)14/h2-7H,1H3,(H,13,14). The van der Waals surface area contributed by atoms with Crippen LogP contribution in [0.3, 0.4) is 0 Å². The van der Waals surface area contributed by atoms with E-state index < -0.39 is 5.97 Å². The second-order valence-electron chi connectivity index (χ2n) is 3.20. The first-order valence-electron chi connectivity index (χ1n) is 4.52. The highest BCUT2D eigenvalue weighted by Crippen LogP contribution is 2.26. The Hall–Kier alpha value is -1.48. The first kappa shape index (κ1) is 10.1. The molecule has 2 rings (SSSR count). The minimum atomic E-state index is -0.870. The topological polar surface area (TPSA) is 37.3 Å². The molecule has 0 fully saturated rings. The summed E-state index contributed by atoms with van der Waals surface area (Å²) in [6, 6.07) is 11.4. The van der Waals surface area contributed by atoms with Gasteiger partial charge in [0.2, 0.25) is 0 Å². The smallest absolute Gasteiger partial charge is 0.336 e. The highest BCUT2D eigenvalue weighted by molar-refractivity contribution is 7.98. The monoisotopic (exact) mass is 218 g/mol. The SMILES string of the molecule is CSc1cc2ccccc2cc1C(=O)O. The molecule has 0 aliphatic carbocycles. The Morgan fingerprint density at radius 2 is 1.80 bits per heavy atom. The lowest BCUT2D eigenvalue weighted by Crippen LogP contribution is -1.98. The predicted octanol–water partition coefficient (Wildman–Crippen LogP) is 3.26. The third kappa shape index (κ3) is 1.83. The van der Waals surface area contributed by atoms with Gasteiger partial charge in [0.15, 0.2) is 0 Å². The van der Waals surface area contributed by atoms with E-state index in [9.17, 15) is 4.79 Å². The van der Waals surface area contributed by atoms with E-state index >= 15 is 0 Å². The van der Waals surface area contributed by atoms with Crippen molar-refractivity contribution in [3.63, 3.8) is 0 Å². The molecular formula is C12H10O2S. The number of fused-ring (bicyclic) bond motifs is 1. The number of benzene rings is 2. The van der Waals surface area contributed by atoms with E-state index in [1.54, 1.807) is 6.07 Å². The summed E-state index contributed by atoms with van der Waals surface area (Å²) in [4.78, 5) is 11.8. The van der Waals surface area contributed by atoms with Gasteiger partial charge in [0.25, 0.3) is 0 Å². The van der Waals surface area contributed by atoms with Crippen LogP contribution < -0.4 is 0 Å². The minimum absolute atomic E-state index is 0.376. The number of carboxylic acids is 1. The first-order valence-corrected chi connectivity index (χ1v) is 5.75. The number of carboxylic acid groups (broad SMARTS) is 1. The van der Waals surface area contributed by atoms with Crippen molar-refractivity contribution in [3.05, 3.63) is 42.0 Å². The Balaban J connectivity index is 2.74. The fourth-order valence-electron chi connectivity index (χ4n) is 1.56. The van der Waals surface area contributed by atoms with Crippen LogP contribution in [0, 0.1) is 0 Å². The molecule has 0 aliphatic heterocycles. The van der Waals surface area contributed by atoms with E-state index in [0.717, 1.165) is 15.7 Å². The molecule has 0 bridgehead atoms. The molecule has 0 spiro atoms. The molecule has 0 atom stereocenters. The Bertz CT molecular complexity index is 520. The maximum atomic E-state index is 11.0. The molecule has 2 nitrogen and oxygen atoms in total. The molecule has 0 saturated carbocycles. The molecule has 0 unspecified atom stereocenters. The van der Waals surface area contributed by atoms with Crippen LogP contribution >= 0.6 is 11.8 Å². The molecule has 0 radical (unpaired) electrons. The van der Waals surface area contributed by atoms with E-state index in [4.69, 9.17) is 5.11 Å². The molecule has 0 amide bonds. The maximum Gasteiger partial charge on any atom is 0.336 e. The van der Waals surface area contributed by atoms with Crippen molar-refractivity contribution in [1.29, 1.82) is 0 Å². The van der Waals surface area contributed by atoms with E-state index in [1.807, 2.05) is 36.6 Å². The van der Waals surface area contributed by atoms with Crippen molar-refractivity contribution in [2.24, 2.45) is 0 Å². The number of hydrogen-bond acceptors (Lipinski definition) is 2. The van der Waals surface area contributed by atoms with Gasteiger partial charge in [-0.3, -0.25) is 0 Å². The molecule has 15 heavy (non-hydrogen) atoms. The normalized spacial score (nSPS) is 10.5. The summed E-state index contributed by atoms with van der Waals surface area (Å²) >= 11 is 1.46. The number of aromatic carboxylic acids is 1. The van der Waals surface area contributed by atoms with Crippen LogP contribution in [-0.4, -0.2) is 17.3 Å². The second-order valence-corrected chi connectivity index (χ2v) is 4.05. The van der Waals surface area contributed by atoms with E-state index in [2.05, 4.69) is 0 Å². The van der Waals surface area contributed by atoms with Gasteiger partial charge in [-0.1, -0.05) is 24.3 Å². The molecule has 0 aromatic heterocycles. The van der Waals surface area contributed by atoms with E-state index in [-0.39, 0.29) is 0 Å². The average molecular weight is 218 g/mol. The van der Waals surface area contributed by atoms with E-state index in [1.165, 1.54) is 11.8 Å². The highest BCUT2D eigenvalue weighted by Gasteiger charge is 2.10. The zero-order valence-corrected chi connectivity index (χ0v) is 9.04. The van der Waals surface area contributed by atoms with Gasteiger partial charge in [0.1, 0.15) is 0 Å². The molecule has 0 aliphatic rings.